The first-order valence-corrected chi connectivity index (χ1v) is 15.7. The lowest BCUT2D eigenvalue weighted by Crippen LogP contribution is -2.22. The number of carbonyl (C=O) groups is 3. The molecule has 37 heavy (non-hydrogen) atoms. The van der Waals surface area contributed by atoms with Crippen LogP contribution in [0.2, 0.25) is 0 Å². The number of nitrogens with one attached hydrogen (secondary N) is 2. The molecule has 1 aliphatic heterocycles. The summed E-state index contributed by atoms with van der Waals surface area (Å²) < 4.78 is 5.37. The summed E-state index contributed by atoms with van der Waals surface area (Å²) in [5, 5.41) is 4.30. The van der Waals surface area contributed by atoms with E-state index in [0.717, 1.165) is 18.8 Å². The predicted molar refractivity (Wildman–Crippen MR) is 155 cm³/mol. The molecule has 218 valence electrons. The molecule has 1 aliphatic rings. The van der Waals surface area contributed by atoms with E-state index in [0.29, 0.717) is 13.0 Å². The summed E-state index contributed by atoms with van der Waals surface area (Å²) in [5.41, 5.74) is 0. The molecule has 6 nitrogen and oxygen atoms in total. The smallest absolute Gasteiger partial charge is 0.321 e. The van der Waals surface area contributed by atoms with Gasteiger partial charge in [0.15, 0.2) is 0 Å². The highest BCUT2D eigenvalue weighted by atomic mass is 16.5. The number of rotatable bonds is 24. The Morgan fingerprint density at radius 3 is 1.57 bits per heavy atom. The van der Waals surface area contributed by atoms with Gasteiger partial charge in [-0.25, -0.2) is 4.79 Å². The van der Waals surface area contributed by atoms with Gasteiger partial charge in [0.25, 0.3) is 0 Å². The van der Waals surface area contributed by atoms with Crippen molar-refractivity contribution in [1.82, 2.24) is 10.6 Å². The highest BCUT2D eigenvalue weighted by Gasteiger charge is 2.14. The van der Waals surface area contributed by atoms with Crippen molar-refractivity contribution in [1.29, 1.82) is 0 Å². The second-order valence-corrected chi connectivity index (χ2v) is 11.1. The number of hydrogen-bond donors (Lipinski definition) is 2. The van der Waals surface area contributed by atoms with Crippen molar-refractivity contribution >= 4 is 17.9 Å². The van der Waals surface area contributed by atoms with Crippen LogP contribution in [0, 0.1) is 5.92 Å². The van der Waals surface area contributed by atoms with E-state index >= 15 is 0 Å². The van der Waals surface area contributed by atoms with Crippen LogP contribution in [0.4, 0.5) is 4.79 Å². The van der Waals surface area contributed by atoms with Gasteiger partial charge >= 0.3 is 12.0 Å². The minimum absolute atomic E-state index is 0.0181. The van der Waals surface area contributed by atoms with Crippen molar-refractivity contribution in [2.45, 2.75) is 162 Å². The highest BCUT2D eigenvalue weighted by molar-refractivity contribution is 6.01. The van der Waals surface area contributed by atoms with Crippen LogP contribution in [0.3, 0.4) is 0 Å². The summed E-state index contributed by atoms with van der Waals surface area (Å²) in [4.78, 5) is 31.8. The number of amides is 3. The van der Waals surface area contributed by atoms with E-state index in [1.54, 1.807) is 0 Å². The maximum Gasteiger partial charge on any atom is 0.321 e. The van der Waals surface area contributed by atoms with Crippen LogP contribution in [-0.2, 0) is 14.3 Å². The molecule has 0 bridgehead atoms. The maximum absolute atomic E-state index is 11.8. The van der Waals surface area contributed by atoms with Crippen molar-refractivity contribution in [3.8, 4) is 0 Å². The van der Waals surface area contributed by atoms with Crippen LogP contribution >= 0.6 is 0 Å². The molecule has 0 aromatic rings. The van der Waals surface area contributed by atoms with Crippen LogP contribution in [0.25, 0.3) is 0 Å². The maximum atomic E-state index is 11.8. The largest absolute Gasteiger partial charge is 0.466 e. The summed E-state index contributed by atoms with van der Waals surface area (Å²) in [7, 11) is 0. The highest BCUT2D eigenvalue weighted by Crippen LogP contribution is 2.14. The van der Waals surface area contributed by atoms with Crippen molar-refractivity contribution in [3.05, 3.63) is 0 Å². The van der Waals surface area contributed by atoms with Crippen molar-refractivity contribution < 1.29 is 19.1 Å². The van der Waals surface area contributed by atoms with E-state index in [2.05, 4.69) is 26.1 Å². The fourth-order valence-corrected chi connectivity index (χ4v) is 4.46. The van der Waals surface area contributed by atoms with Crippen LogP contribution in [0.5, 0.6) is 0 Å². The van der Waals surface area contributed by atoms with E-state index in [-0.39, 0.29) is 18.4 Å². The van der Waals surface area contributed by atoms with Crippen molar-refractivity contribution in [2.75, 3.05) is 13.2 Å². The molecule has 0 saturated carbocycles. The lowest BCUT2D eigenvalue weighted by molar-refractivity contribution is -0.143. The average Bonchev–Trinajstić information content (AvgIpc) is 3.25. The minimum Gasteiger partial charge on any atom is -0.466 e. The number of hydrogen-bond acceptors (Lipinski definition) is 4. The van der Waals surface area contributed by atoms with Gasteiger partial charge < -0.3 is 10.1 Å². The Morgan fingerprint density at radius 1 is 0.703 bits per heavy atom. The molecule has 1 heterocycles. The molecule has 1 saturated heterocycles. The Hall–Kier alpha value is -1.59. The molecule has 1 fully saturated rings. The molecular weight excluding hydrogens is 464 g/mol. The quantitative estimate of drug-likeness (QED) is 0.0752. The third-order valence-corrected chi connectivity index (χ3v) is 6.84. The summed E-state index contributed by atoms with van der Waals surface area (Å²) in [6, 6.07) is -0.398. The van der Waals surface area contributed by atoms with Crippen molar-refractivity contribution in [3.63, 3.8) is 0 Å². The zero-order valence-corrected chi connectivity index (χ0v) is 24.7. The molecule has 0 aromatic heterocycles. The van der Waals surface area contributed by atoms with E-state index in [4.69, 9.17) is 4.74 Å². The SMILES string of the molecule is CCCCCCCCCCCCCCCCCC(=O)OCCCCCCCC(C)C.O=C1CNC(=O)N1. The van der Waals surface area contributed by atoms with E-state index in [1.807, 2.05) is 5.32 Å². The molecule has 3 amide bonds. The van der Waals surface area contributed by atoms with Crippen LogP contribution in [0.15, 0.2) is 0 Å². The zero-order chi connectivity index (χ0) is 27.4. The molecular formula is C31H60N2O4. The third-order valence-electron chi connectivity index (χ3n) is 6.84. The third kappa shape index (κ3) is 28.8. The molecule has 0 aromatic carbocycles. The molecule has 0 atom stereocenters. The predicted octanol–water partition coefficient (Wildman–Crippen LogP) is 8.61. The average molecular weight is 525 g/mol. The molecule has 2 N–H and O–H groups in total. The standard InChI is InChI=1S/C28H56O2.C3H4N2O2/c1-4-5-6-7-8-9-10-11-12-13-14-15-16-19-22-25-28(29)30-26-23-20-17-18-21-24-27(2)3;6-2-1-4-3(7)5-2/h27H,4-26H2,1-3H3;1H2,(H2,4,5,6,7). The number of ether oxygens (including phenoxy) is 1. The molecule has 0 unspecified atom stereocenters. The number of esters is 1. The van der Waals surface area contributed by atoms with Crippen molar-refractivity contribution in [2.24, 2.45) is 5.92 Å². The van der Waals surface area contributed by atoms with Gasteiger partial charge in [0.05, 0.1) is 13.2 Å². The van der Waals surface area contributed by atoms with Gasteiger partial charge in [-0.1, -0.05) is 143 Å². The van der Waals surface area contributed by atoms with Gasteiger partial charge in [-0.2, -0.15) is 0 Å². The summed E-state index contributed by atoms with van der Waals surface area (Å²) in [5.74, 6) is 0.583. The summed E-state index contributed by atoms with van der Waals surface area (Å²) >= 11 is 0. The Labute approximate surface area is 228 Å². The Kier molecular flexibility index (Phi) is 26.3. The second-order valence-electron chi connectivity index (χ2n) is 11.1. The second kappa shape index (κ2) is 27.4. The Morgan fingerprint density at radius 2 is 1.16 bits per heavy atom. The lowest BCUT2D eigenvalue weighted by atomic mass is 10.0. The van der Waals surface area contributed by atoms with Gasteiger partial charge in [0.1, 0.15) is 0 Å². The molecule has 6 heteroatoms. The first kappa shape index (κ1) is 35.4. The monoisotopic (exact) mass is 524 g/mol. The molecule has 0 spiro atoms. The van der Waals surface area contributed by atoms with Gasteiger partial charge in [-0.15, -0.1) is 0 Å². The summed E-state index contributed by atoms with van der Waals surface area (Å²) in [6.45, 7) is 7.61. The van der Waals surface area contributed by atoms with E-state index < -0.39 is 6.03 Å². The van der Waals surface area contributed by atoms with Gasteiger partial charge in [0, 0.05) is 6.42 Å². The fourth-order valence-electron chi connectivity index (χ4n) is 4.46. The number of urea groups is 1. The Balaban J connectivity index is 0.00000158. The fraction of sp³-hybridized carbons (Fsp3) is 0.903. The molecule has 0 aliphatic carbocycles. The van der Waals surface area contributed by atoms with Crippen LogP contribution in [0.1, 0.15) is 162 Å². The van der Waals surface area contributed by atoms with Gasteiger partial charge in [0.2, 0.25) is 5.91 Å². The minimum atomic E-state index is -0.398. The molecule has 0 radical (unpaired) electrons. The first-order valence-electron chi connectivity index (χ1n) is 15.7. The van der Waals surface area contributed by atoms with Gasteiger partial charge in [-0.3, -0.25) is 14.9 Å². The number of imide groups is 1. The topological polar surface area (TPSA) is 84.5 Å². The Bertz CT molecular complexity index is 537. The van der Waals surface area contributed by atoms with E-state index in [9.17, 15) is 14.4 Å². The zero-order valence-electron chi connectivity index (χ0n) is 24.7. The summed E-state index contributed by atoms with van der Waals surface area (Å²) in [6.07, 6.45) is 28.5. The number of unbranched alkanes of at least 4 members (excludes halogenated alkanes) is 18. The first-order chi connectivity index (χ1) is 18.0. The van der Waals surface area contributed by atoms with Crippen LogP contribution in [-0.4, -0.2) is 31.1 Å². The van der Waals surface area contributed by atoms with Crippen LogP contribution < -0.4 is 10.6 Å². The lowest BCUT2D eigenvalue weighted by Gasteiger charge is -2.06. The van der Waals surface area contributed by atoms with Gasteiger partial charge in [-0.05, 0) is 18.8 Å². The normalized spacial score (nSPS) is 12.8. The number of carbonyl (C=O) groups excluding carboxylic acids is 3. The van der Waals surface area contributed by atoms with E-state index in [1.165, 1.54) is 122 Å². The molecule has 1 rings (SSSR count).